The van der Waals surface area contributed by atoms with Gasteiger partial charge in [0.15, 0.2) is 0 Å². The van der Waals surface area contributed by atoms with Crippen LogP contribution in [0.25, 0.3) is 0 Å². The van der Waals surface area contributed by atoms with Gasteiger partial charge in [0.2, 0.25) is 0 Å². The van der Waals surface area contributed by atoms with Crippen LogP contribution in [0.4, 0.5) is 10.1 Å². The number of benzene rings is 1. The van der Waals surface area contributed by atoms with E-state index >= 15 is 0 Å². The lowest BCUT2D eigenvalue weighted by molar-refractivity contribution is 0.0477. The topological polar surface area (TPSA) is 52.3 Å². The number of carbonyl (C=O) groups is 1. The smallest absolute Gasteiger partial charge is 0.338 e. The predicted molar refractivity (Wildman–Crippen MR) is 64.3 cm³/mol. The van der Waals surface area contributed by atoms with Crippen molar-refractivity contribution in [3.8, 4) is 0 Å². The molecular weight excluding hydrogens is 241 g/mol. The summed E-state index contributed by atoms with van der Waals surface area (Å²) in [7, 11) is 0. The summed E-state index contributed by atoms with van der Waals surface area (Å²) in [4.78, 5) is 12.6. The Morgan fingerprint density at radius 1 is 1.41 bits per heavy atom. The van der Waals surface area contributed by atoms with Crippen molar-refractivity contribution in [2.75, 3.05) is 5.73 Å². The molecule has 0 aliphatic rings. The third-order valence-electron chi connectivity index (χ3n) is 2.16. The minimum absolute atomic E-state index is 0.0597. The number of nitrogen functional groups attached to an aromatic ring is 1. The lowest BCUT2D eigenvalue weighted by atomic mass is 10.2. The van der Waals surface area contributed by atoms with Gasteiger partial charge in [-0.2, -0.15) is 0 Å². The number of hydrogen-bond acceptors (Lipinski definition) is 4. The summed E-state index contributed by atoms with van der Waals surface area (Å²) >= 11 is 1.50. The quantitative estimate of drug-likeness (QED) is 0.674. The standard InChI is InChI=1S/C12H10FNO2S/c13-10-4-3-8(6-11(10)14)12(15)16-7-9-2-1-5-17-9/h1-6H,7,14H2. The fraction of sp³-hybridized carbons (Fsp3) is 0.0833. The van der Waals surface area contributed by atoms with Crippen LogP contribution in [0.5, 0.6) is 0 Å². The Morgan fingerprint density at radius 2 is 2.24 bits per heavy atom. The first-order chi connectivity index (χ1) is 8.16. The van der Waals surface area contributed by atoms with Crippen LogP contribution in [-0.2, 0) is 11.3 Å². The second-order valence-corrected chi connectivity index (χ2v) is 4.42. The van der Waals surface area contributed by atoms with Gasteiger partial charge in [0.25, 0.3) is 0 Å². The van der Waals surface area contributed by atoms with Crippen molar-refractivity contribution < 1.29 is 13.9 Å². The highest BCUT2D eigenvalue weighted by atomic mass is 32.1. The van der Waals surface area contributed by atoms with Crippen LogP contribution >= 0.6 is 11.3 Å². The highest BCUT2D eigenvalue weighted by molar-refractivity contribution is 7.09. The van der Waals surface area contributed by atoms with Crippen LogP contribution in [0.3, 0.4) is 0 Å². The molecule has 0 bridgehead atoms. The molecule has 0 aliphatic carbocycles. The number of hydrogen-bond donors (Lipinski definition) is 1. The number of halogens is 1. The molecule has 0 aliphatic heterocycles. The predicted octanol–water partition coefficient (Wildman–Crippen LogP) is 2.83. The van der Waals surface area contributed by atoms with Gasteiger partial charge in [0.05, 0.1) is 11.3 Å². The molecule has 5 heteroatoms. The summed E-state index contributed by atoms with van der Waals surface area (Å²) < 4.78 is 18.0. The van der Waals surface area contributed by atoms with Crippen molar-refractivity contribution in [2.24, 2.45) is 0 Å². The third-order valence-corrected chi connectivity index (χ3v) is 3.01. The fourth-order valence-electron chi connectivity index (χ4n) is 1.29. The highest BCUT2D eigenvalue weighted by Gasteiger charge is 2.09. The van der Waals surface area contributed by atoms with E-state index in [1.165, 1.54) is 23.5 Å². The molecule has 0 saturated heterocycles. The number of carbonyl (C=O) groups excluding carboxylic acids is 1. The molecule has 1 heterocycles. The molecule has 88 valence electrons. The van der Waals surface area contributed by atoms with Gasteiger partial charge < -0.3 is 10.5 Å². The summed E-state index contributed by atoms with van der Waals surface area (Å²) in [5, 5.41) is 1.90. The van der Waals surface area contributed by atoms with Crippen molar-refractivity contribution >= 4 is 23.0 Å². The first kappa shape index (κ1) is 11.6. The second-order valence-electron chi connectivity index (χ2n) is 3.39. The zero-order valence-corrected chi connectivity index (χ0v) is 9.67. The molecule has 2 rings (SSSR count). The summed E-state index contributed by atoms with van der Waals surface area (Å²) in [5.41, 5.74) is 5.56. The molecule has 17 heavy (non-hydrogen) atoms. The highest BCUT2D eigenvalue weighted by Crippen LogP contribution is 2.15. The molecule has 1 aromatic heterocycles. The van der Waals surface area contributed by atoms with Gasteiger partial charge in [-0.25, -0.2) is 9.18 Å². The maximum absolute atomic E-state index is 12.9. The molecule has 0 saturated carbocycles. The molecule has 2 N–H and O–H groups in total. The number of nitrogens with two attached hydrogens (primary N) is 1. The largest absolute Gasteiger partial charge is 0.456 e. The van der Waals surface area contributed by atoms with E-state index in [-0.39, 0.29) is 17.9 Å². The number of anilines is 1. The molecule has 0 fully saturated rings. The maximum Gasteiger partial charge on any atom is 0.338 e. The van der Waals surface area contributed by atoms with Gasteiger partial charge >= 0.3 is 5.97 Å². The van der Waals surface area contributed by atoms with Gasteiger partial charge in [-0.3, -0.25) is 0 Å². The Hall–Kier alpha value is -1.88. The average Bonchev–Trinajstić information content (AvgIpc) is 2.82. The summed E-state index contributed by atoms with van der Waals surface area (Å²) in [5.74, 6) is -1.05. The molecule has 0 unspecified atom stereocenters. The SMILES string of the molecule is Nc1cc(C(=O)OCc2cccs2)ccc1F. The Labute approximate surface area is 102 Å². The molecule has 3 nitrogen and oxygen atoms in total. The summed E-state index contributed by atoms with van der Waals surface area (Å²) in [6, 6.07) is 7.52. The van der Waals surface area contributed by atoms with Gasteiger partial charge in [0.1, 0.15) is 12.4 Å². The van der Waals surface area contributed by atoms with Crippen molar-refractivity contribution in [3.63, 3.8) is 0 Å². The average molecular weight is 251 g/mol. The van der Waals surface area contributed by atoms with E-state index in [1.54, 1.807) is 0 Å². The molecule has 2 aromatic rings. The first-order valence-corrected chi connectivity index (χ1v) is 5.79. The number of rotatable bonds is 3. The van der Waals surface area contributed by atoms with Gasteiger partial charge in [-0.15, -0.1) is 11.3 Å². The zero-order chi connectivity index (χ0) is 12.3. The normalized spacial score (nSPS) is 10.2. The monoisotopic (exact) mass is 251 g/mol. The van der Waals surface area contributed by atoms with Crippen LogP contribution in [0.2, 0.25) is 0 Å². The van der Waals surface area contributed by atoms with Gasteiger partial charge in [0, 0.05) is 4.88 Å². The molecule has 0 radical (unpaired) electrons. The Morgan fingerprint density at radius 3 is 2.88 bits per heavy atom. The molecule has 0 amide bonds. The van der Waals surface area contributed by atoms with Crippen LogP contribution in [0, 0.1) is 5.82 Å². The maximum atomic E-state index is 12.9. The van der Waals surface area contributed by atoms with Crippen molar-refractivity contribution in [2.45, 2.75) is 6.61 Å². The van der Waals surface area contributed by atoms with E-state index in [0.717, 1.165) is 10.9 Å². The van der Waals surface area contributed by atoms with E-state index < -0.39 is 11.8 Å². The fourth-order valence-corrected chi connectivity index (χ4v) is 1.90. The van der Waals surface area contributed by atoms with E-state index in [1.807, 2.05) is 17.5 Å². The van der Waals surface area contributed by atoms with Crippen LogP contribution < -0.4 is 5.73 Å². The number of ether oxygens (including phenoxy) is 1. The summed E-state index contributed by atoms with van der Waals surface area (Å²) in [6.07, 6.45) is 0. The Bertz CT molecular complexity index is 525. The molecule has 0 spiro atoms. The van der Waals surface area contributed by atoms with E-state index in [0.29, 0.717) is 0 Å². The van der Waals surface area contributed by atoms with Crippen LogP contribution in [-0.4, -0.2) is 5.97 Å². The van der Waals surface area contributed by atoms with Crippen molar-refractivity contribution in [1.82, 2.24) is 0 Å². The first-order valence-electron chi connectivity index (χ1n) is 4.91. The van der Waals surface area contributed by atoms with Gasteiger partial charge in [-0.05, 0) is 29.6 Å². The number of esters is 1. The minimum Gasteiger partial charge on any atom is -0.456 e. The van der Waals surface area contributed by atoms with Crippen LogP contribution in [0.15, 0.2) is 35.7 Å². The van der Waals surface area contributed by atoms with Crippen LogP contribution in [0.1, 0.15) is 15.2 Å². The Balaban J connectivity index is 2.02. The van der Waals surface area contributed by atoms with Gasteiger partial charge in [-0.1, -0.05) is 6.07 Å². The lowest BCUT2D eigenvalue weighted by Gasteiger charge is -2.04. The summed E-state index contributed by atoms with van der Waals surface area (Å²) in [6.45, 7) is 0.216. The van der Waals surface area contributed by atoms with E-state index in [9.17, 15) is 9.18 Å². The lowest BCUT2D eigenvalue weighted by Crippen LogP contribution is -2.05. The Kier molecular flexibility index (Phi) is 3.39. The van der Waals surface area contributed by atoms with E-state index in [2.05, 4.69) is 0 Å². The molecule has 0 atom stereocenters. The molecular formula is C12H10FNO2S. The van der Waals surface area contributed by atoms with Crippen molar-refractivity contribution in [1.29, 1.82) is 0 Å². The second kappa shape index (κ2) is 4.97. The molecule has 1 aromatic carbocycles. The number of thiophene rings is 1. The van der Waals surface area contributed by atoms with Crippen molar-refractivity contribution in [3.05, 3.63) is 52.0 Å². The zero-order valence-electron chi connectivity index (χ0n) is 8.85. The van der Waals surface area contributed by atoms with E-state index in [4.69, 9.17) is 10.5 Å². The third kappa shape index (κ3) is 2.82. The minimum atomic E-state index is -0.542.